The molecule has 21 heavy (non-hydrogen) atoms. The Labute approximate surface area is 133 Å². The minimum Gasteiger partial charge on any atom is -0.489 e. The van der Waals surface area contributed by atoms with E-state index in [9.17, 15) is 4.79 Å². The zero-order chi connectivity index (χ0) is 15.4. The van der Waals surface area contributed by atoms with E-state index in [0.717, 1.165) is 22.6 Å². The normalized spacial score (nSPS) is 12.0. The van der Waals surface area contributed by atoms with E-state index in [1.165, 1.54) is 0 Å². The van der Waals surface area contributed by atoms with E-state index in [4.69, 9.17) is 4.74 Å². The molecule has 1 unspecified atom stereocenters. The Morgan fingerprint density at radius 2 is 2.05 bits per heavy atom. The van der Waals surface area contributed by atoms with Gasteiger partial charge in [-0.05, 0) is 50.6 Å². The molecule has 3 nitrogen and oxygen atoms in total. The molecule has 1 aromatic heterocycles. The summed E-state index contributed by atoms with van der Waals surface area (Å²) in [6.45, 7) is 6.19. The van der Waals surface area contributed by atoms with Gasteiger partial charge in [-0.3, -0.25) is 9.78 Å². The van der Waals surface area contributed by atoms with Crippen LogP contribution in [0.3, 0.4) is 0 Å². The Morgan fingerprint density at radius 1 is 1.29 bits per heavy atom. The standard InChI is InChI=1S/C17H18BrNO2/c1-11-8-15(17(20)13(3)18)6-7-16(11)21-10-14-5-4-12(2)19-9-14/h4-9,13H,10H2,1-3H3. The molecule has 0 spiro atoms. The number of Topliss-reactive ketones (excluding diaryl/α,β-unsaturated/α-hetero) is 1. The molecular weight excluding hydrogens is 330 g/mol. The first-order valence-corrected chi connectivity index (χ1v) is 7.72. The molecule has 4 heteroatoms. The van der Waals surface area contributed by atoms with E-state index < -0.39 is 0 Å². The predicted octanol–water partition coefficient (Wildman–Crippen LogP) is 4.24. The highest BCUT2D eigenvalue weighted by molar-refractivity contribution is 9.10. The maximum Gasteiger partial charge on any atom is 0.176 e. The van der Waals surface area contributed by atoms with Gasteiger partial charge in [0.15, 0.2) is 5.78 Å². The Kier molecular flexibility index (Phi) is 5.12. The van der Waals surface area contributed by atoms with Crippen molar-refractivity contribution < 1.29 is 9.53 Å². The van der Waals surface area contributed by atoms with Crippen LogP contribution in [0, 0.1) is 13.8 Å². The monoisotopic (exact) mass is 347 g/mol. The zero-order valence-corrected chi connectivity index (χ0v) is 14.0. The number of carbonyl (C=O) groups excluding carboxylic acids is 1. The number of halogens is 1. The fraction of sp³-hybridized carbons (Fsp3) is 0.294. The molecular formula is C17H18BrNO2. The van der Waals surface area contributed by atoms with E-state index in [1.807, 2.05) is 51.2 Å². The Balaban J connectivity index is 2.07. The smallest absolute Gasteiger partial charge is 0.176 e. The minimum atomic E-state index is -0.178. The van der Waals surface area contributed by atoms with E-state index in [0.29, 0.717) is 12.2 Å². The highest BCUT2D eigenvalue weighted by Gasteiger charge is 2.13. The lowest BCUT2D eigenvalue weighted by molar-refractivity contribution is 0.0995. The lowest BCUT2D eigenvalue weighted by Crippen LogP contribution is -2.10. The first-order chi connectivity index (χ1) is 9.97. The first-order valence-electron chi connectivity index (χ1n) is 6.80. The number of aryl methyl sites for hydroxylation is 2. The molecule has 0 fully saturated rings. The number of rotatable bonds is 5. The van der Waals surface area contributed by atoms with E-state index >= 15 is 0 Å². The van der Waals surface area contributed by atoms with Crippen molar-refractivity contribution in [2.45, 2.75) is 32.2 Å². The van der Waals surface area contributed by atoms with Gasteiger partial charge in [0, 0.05) is 23.0 Å². The maximum absolute atomic E-state index is 11.9. The van der Waals surface area contributed by atoms with Gasteiger partial charge in [0.2, 0.25) is 0 Å². The fourth-order valence-corrected chi connectivity index (χ4v) is 2.20. The van der Waals surface area contributed by atoms with Crippen molar-refractivity contribution in [3.05, 3.63) is 58.9 Å². The zero-order valence-electron chi connectivity index (χ0n) is 12.4. The number of nitrogens with zero attached hydrogens (tertiary/aromatic N) is 1. The Hall–Kier alpha value is -1.68. The Bertz CT molecular complexity index is 636. The summed E-state index contributed by atoms with van der Waals surface area (Å²) >= 11 is 3.30. The molecule has 0 aliphatic heterocycles. The van der Waals surface area contributed by atoms with Crippen molar-refractivity contribution in [2.75, 3.05) is 0 Å². The van der Waals surface area contributed by atoms with Crippen LogP contribution in [0.5, 0.6) is 5.75 Å². The van der Waals surface area contributed by atoms with Gasteiger partial charge < -0.3 is 4.74 Å². The van der Waals surface area contributed by atoms with Gasteiger partial charge in [-0.1, -0.05) is 22.0 Å². The van der Waals surface area contributed by atoms with Crippen LogP contribution in [-0.2, 0) is 6.61 Å². The molecule has 110 valence electrons. The molecule has 1 aromatic carbocycles. The third kappa shape index (κ3) is 4.14. The quantitative estimate of drug-likeness (QED) is 0.599. The van der Waals surface area contributed by atoms with Gasteiger partial charge >= 0.3 is 0 Å². The third-order valence-electron chi connectivity index (χ3n) is 3.19. The molecule has 0 amide bonds. The second kappa shape index (κ2) is 6.85. The molecule has 0 saturated carbocycles. The highest BCUT2D eigenvalue weighted by atomic mass is 79.9. The predicted molar refractivity (Wildman–Crippen MR) is 87.2 cm³/mol. The molecule has 2 aromatic rings. The molecule has 0 saturated heterocycles. The van der Waals surface area contributed by atoms with E-state index in [1.54, 1.807) is 6.07 Å². The largest absolute Gasteiger partial charge is 0.489 e. The number of aromatic nitrogens is 1. The van der Waals surface area contributed by atoms with Crippen LogP contribution in [0.2, 0.25) is 0 Å². The van der Waals surface area contributed by atoms with Gasteiger partial charge in [-0.2, -0.15) is 0 Å². The molecule has 0 N–H and O–H groups in total. The molecule has 0 bridgehead atoms. The number of alkyl halides is 1. The summed E-state index contributed by atoms with van der Waals surface area (Å²) in [6.07, 6.45) is 1.81. The highest BCUT2D eigenvalue weighted by Crippen LogP contribution is 2.22. The van der Waals surface area contributed by atoms with E-state index in [-0.39, 0.29) is 10.6 Å². The average molecular weight is 348 g/mol. The van der Waals surface area contributed by atoms with E-state index in [2.05, 4.69) is 20.9 Å². The molecule has 0 aliphatic rings. The first kappa shape index (κ1) is 15.7. The minimum absolute atomic E-state index is 0.0763. The van der Waals surface area contributed by atoms with Gasteiger partial charge in [-0.15, -0.1) is 0 Å². The van der Waals surface area contributed by atoms with Crippen molar-refractivity contribution in [1.82, 2.24) is 4.98 Å². The number of ether oxygens (including phenoxy) is 1. The van der Waals surface area contributed by atoms with Crippen LogP contribution in [0.4, 0.5) is 0 Å². The van der Waals surface area contributed by atoms with Crippen LogP contribution in [0.1, 0.15) is 34.1 Å². The summed E-state index contributed by atoms with van der Waals surface area (Å²) in [7, 11) is 0. The van der Waals surface area contributed by atoms with Crippen molar-refractivity contribution in [2.24, 2.45) is 0 Å². The average Bonchev–Trinajstić information content (AvgIpc) is 2.46. The van der Waals surface area contributed by atoms with Gasteiger partial charge in [-0.25, -0.2) is 0 Å². The van der Waals surface area contributed by atoms with Crippen molar-refractivity contribution in [1.29, 1.82) is 0 Å². The molecule has 1 atom stereocenters. The summed E-state index contributed by atoms with van der Waals surface area (Å²) in [5.74, 6) is 0.863. The summed E-state index contributed by atoms with van der Waals surface area (Å²) in [5, 5.41) is 0. The second-order valence-electron chi connectivity index (χ2n) is 5.06. The van der Waals surface area contributed by atoms with Gasteiger partial charge in [0.05, 0.1) is 4.83 Å². The number of pyridine rings is 1. The third-order valence-corrected chi connectivity index (χ3v) is 3.60. The summed E-state index contributed by atoms with van der Waals surface area (Å²) < 4.78 is 5.79. The van der Waals surface area contributed by atoms with Crippen LogP contribution < -0.4 is 4.74 Å². The molecule has 0 aliphatic carbocycles. The van der Waals surface area contributed by atoms with Crippen LogP contribution in [0.15, 0.2) is 36.5 Å². The SMILES string of the molecule is Cc1ccc(COc2ccc(C(=O)C(C)Br)cc2C)cn1. The molecule has 0 radical (unpaired) electrons. The van der Waals surface area contributed by atoms with Crippen molar-refractivity contribution in [3.8, 4) is 5.75 Å². The van der Waals surface area contributed by atoms with Crippen LogP contribution in [-0.4, -0.2) is 15.6 Å². The maximum atomic E-state index is 11.9. The second-order valence-corrected chi connectivity index (χ2v) is 6.43. The lowest BCUT2D eigenvalue weighted by atomic mass is 10.1. The number of ketones is 1. The summed E-state index contributed by atoms with van der Waals surface area (Å²) in [4.78, 5) is 16.0. The summed E-state index contributed by atoms with van der Waals surface area (Å²) in [6, 6.07) is 9.48. The fourth-order valence-electron chi connectivity index (χ4n) is 1.94. The number of hydrogen-bond donors (Lipinski definition) is 0. The molecule has 1 heterocycles. The van der Waals surface area contributed by atoms with Crippen LogP contribution in [0.25, 0.3) is 0 Å². The number of carbonyl (C=O) groups is 1. The van der Waals surface area contributed by atoms with Crippen molar-refractivity contribution >= 4 is 21.7 Å². The van der Waals surface area contributed by atoms with Gasteiger partial charge in [0.25, 0.3) is 0 Å². The molecule has 2 rings (SSSR count). The van der Waals surface area contributed by atoms with Crippen molar-refractivity contribution in [3.63, 3.8) is 0 Å². The number of hydrogen-bond acceptors (Lipinski definition) is 3. The van der Waals surface area contributed by atoms with Gasteiger partial charge in [0.1, 0.15) is 12.4 Å². The summed E-state index contributed by atoms with van der Waals surface area (Å²) in [5.41, 5.74) is 3.66. The Morgan fingerprint density at radius 3 is 2.62 bits per heavy atom. The van der Waals surface area contributed by atoms with Crippen LogP contribution >= 0.6 is 15.9 Å². The topological polar surface area (TPSA) is 39.2 Å². The lowest BCUT2D eigenvalue weighted by Gasteiger charge is -2.11. The number of benzene rings is 1.